The van der Waals surface area contributed by atoms with E-state index in [1.54, 1.807) is 0 Å². The Bertz CT molecular complexity index is 664. The summed E-state index contributed by atoms with van der Waals surface area (Å²) in [6, 6.07) is 7.06. The molecule has 0 fully saturated rings. The van der Waals surface area contributed by atoms with E-state index < -0.39 is 16.6 Å². The molecule has 0 atom stereocenters. The molecule has 0 saturated carbocycles. The van der Waals surface area contributed by atoms with Gasteiger partial charge in [-0.3, -0.25) is 10.1 Å². The molecule has 0 aliphatic heterocycles. The third kappa shape index (κ3) is 3.21. The van der Waals surface area contributed by atoms with Gasteiger partial charge in [-0.1, -0.05) is 17.7 Å². The van der Waals surface area contributed by atoms with Crippen LogP contribution in [0.3, 0.4) is 0 Å². The van der Waals surface area contributed by atoms with Crippen LogP contribution in [0.1, 0.15) is 5.56 Å². The van der Waals surface area contributed by atoms with E-state index in [0.717, 1.165) is 12.1 Å². The Balaban J connectivity index is 2.15. The van der Waals surface area contributed by atoms with Crippen molar-refractivity contribution in [3.8, 4) is 5.75 Å². The fraction of sp³-hybridized carbons (Fsp3) is 0.0769. The van der Waals surface area contributed by atoms with Crippen LogP contribution in [0.4, 0.5) is 14.5 Å². The van der Waals surface area contributed by atoms with Crippen molar-refractivity contribution in [2.45, 2.75) is 6.61 Å². The first-order valence-corrected chi connectivity index (χ1v) is 5.86. The van der Waals surface area contributed by atoms with E-state index in [9.17, 15) is 18.9 Å². The fourth-order valence-electron chi connectivity index (χ4n) is 1.51. The minimum atomic E-state index is -0.990. The normalized spacial score (nSPS) is 10.3. The van der Waals surface area contributed by atoms with Crippen LogP contribution in [0.5, 0.6) is 5.75 Å². The molecule has 0 aromatic heterocycles. The number of nitrogens with zero attached hydrogens (tertiary/aromatic N) is 1. The quantitative estimate of drug-likeness (QED) is 0.630. The minimum Gasteiger partial charge on any atom is -0.487 e. The molecular weight excluding hydrogens is 292 g/mol. The lowest BCUT2D eigenvalue weighted by atomic mass is 10.2. The van der Waals surface area contributed by atoms with Crippen LogP contribution in [-0.4, -0.2) is 4.92 Å². The molecule has 0 spiro atoms. The van der Waals surface area contributed by atoms with Crippen LogP contribution in [0.2, 0.25) is 5.02 Å². The Morgan fingerprint density at radius 2 is 1.90 bits per heavy atom. The molecule has 4 nitrogen and oxygen atoms in total. The molecule has 20 heavy (non-hydrogen) atoms. The van der Waals surface area contributed by atoms with Gasteiger partial charge in [0, 0.05) is 6.07 Å². The summed E-state index contributed by atoms with van der Waals surface area (Å²) in [5.74, 6) is -1.84. The van der Waals surface area contributed by atoms with Crippen molar-refractivity contribution >= 4 is 17.3 Å². The predicted octanol–water partition coefficient (Wildman–Crippen LogP) is 4.11. The summed E-state index contributed by atoms with van der Waals surface area (Å²) < 4.78 is 31.0. The summed E-state index contributed by atoms with van der Waals surface area (Å²) >= 11 is 5.84. The van der Waals surface area contributed by atoms with Gasteiger partial charge in [-0.25, -0.2) is 8.78 Å². The van der Waals surface area contributed by atoms with Crippen LogP contribution in [-0.2, 0) is 6.61 Å². The fourth-order valence-corrected chi connectivity index (χ4v) is 1.68. The van der Waals surface area contributed by atoms with E-state index >= 15 is 0 Å². The van der Waals surface area contributed by atoms with E-state index in [4.69, 9.17) is 16.3 Å². The summed E-state index contributed by atoms with van der Waals surface area (Å²) in [4.78, 5) is 10.1. The highest BCUT2D eigenvalue weighted by Gasteiger charge is 2.11. The Kier molecular flexibility index (Phi) is 4.14. The Labute approximate surface area is 117 Å². The summed E-state index contributed by atoms with van der Waals surface area (Å²) in [6.45, 7) is -0.0852. The molecule has 0 bridgehead atoms. The first kappa shape index (κ1) is 14.2. The van der Waals surface area contributed by atoms with E-state index in [1.165, 1.54) is 24.3 Å². The number of rotatable bonds is 4. The van der Waals surface area contributed by atoms with Gasteiger partial charge in [0.15, 0.2) is 11.6 Å². The summed E-state index contributed by atoms with van der Waals surface area (Å²) in [6.07, 6.45) is 0. The minimum absolute atomic E-state index is 0.0852. The zero-order valence-electron chi connectivity index (χ0n) is 9.98. The lowest BCUT2D eigenvalue weighted by Crippen LogP contribution is -1.98. The summed E-state index contributed by atoms with van der Waals surface area (Å²) in [7, 11) is 0. The third-order valence-corrected chi connectivity index (χ3v) is 2.82. The van der Waals surface area contributed by atoms with Crippen molar-refractivity contribution in [3.63, 3.8) is 0 Å². The number of hydrogen-bond acceptors (Lipinski definition) is 3. The number of nitro groups is 1. The number of nitro benzene ring substituents is 1. The molecule has 0 radical (unpaired) electrons. The predicted molar refractivity (Wildman–Crippen MR) is 68.8 cm³/mol. The number of hydrogen-bond donors (Lipinski definition) is 0. The molecule has 2 aromatic carbocycles. The maximum Gasteiger partial charge on any atom is 0.273 e. The van der Waals surface area contributed by atoms with Crippen LogP contribution >= 0.6 is 11.6 Å². The highest BCUT2D eigenvalue weighted by Crippen LogP contribution is 2.29. The Morgan fingerprint density at radius 3 is 2.55 bits per heavy atom. The van der Waals surface area contributed by atoms with Crippen molar-refractivity contribution in [3.05, 3.63) is 68.7 Å². The molecule has 0 aliphatic rings. The summed E-state index contributed by atoms with van der Waals surface area (Å²) in [5, 5.41) is 10.8. The van der Waals surface area contributed by atoms with Crippen LogP contribution < -0.4 is 4.74 Å². The van der Waals surface area contributed by atoms with Gasteiger partial charge in [-0.05, 0) is 23.8 Å². The van der Waals surface area contributed by atoms with Gasteiger partial charge in [0.2, 0.25) is 0 Å². The lowest BCUT2D eigenvalue weighted by molar-refractivity contribution is -0.384. The molecular formula is C13H8ClF2NO3. The van der Waals surface area contributed by atoms with Gasteiger partial charge < -0.3 is 4.74 Å². The SMILES string of the molecule is O=[N+]([O-])c1ccc(Cl)c(OCc2ccc(F)c(F)c2)c1. The van der Waals surface area contributed by atoms with Crippen molar-refractivity contribution < 1.29 is 18.4 Å². The molecule has 0 heterocycles. The zero-order valence-corrected chi connectivity index (χ0v) is 10.7. The second-order valence-electron chi connectivity index (χ2n) is 3.91. The number of non-ortho nitro benzene ring substituents is 1. The first-order valence-electron chi connectivity index (χ1n) is 5.48. The smallest absolute Gasteiger partial charge is 0.273 e. The molecule has 2 aromatic rings. The van der Waals surface area contributed by atoms with E-state index in [1.807, 2.05) is 0 Å². The molecule has 2 rings (SSSR count). The van der Waals surface area contributed by atoms with Gasteiger partial charge in [-0.15, -0.1) is 0 Å². The van der Waals surface area contributed by atoms with Gasteiger partial charge in [-0.2, -0.15) is 0 Å². The van der Waals surface area contributed by atoms with Gasteiger partial charge >= 0.3 is 0 Å². The highest BCUT2D eigenvalue weighted by molar-refractivity contribution is 6.32. The standard InChI is InChI=1S/C13H8ClF2NO3/c14-10-3-2-9(17(18)19)6-13(10)20-7-8-1-4-11(15)12(16)5-8/h1-6H,7H2. The maximum atomic E-state index is 13.0. The molecule has 0 unspecified atom stereocenters. The topological polar surface area (TPSA) is 52.4 Å². The van der Waals surface area contributed by atoms with Crippen molar-refractivity contribution in [2.24, 2.45) is 0 Å². The molecule has 7 heteroatoms. The molecule has 0 N–H and O–H groups in total. The van der Waals surface area contributed by atoms with Crippen molar-refractivity contribution in [1.29, 1.82) is 0 Å². The van der Waals surface area contributed by atoms with E-state index in [-0.39, 0.29) is 23.1 Å². The zero-order chi connectivity index (χ0) is 14.7. The molecule has 104 valence electrons. The van der Waals surface area contributed by atoms with Gasteiger partial charge in [0.25, 0.3) is 5.69 Å². The molecule has 0 saturated heterocycles. The molecule has 0 aliphatic carbocycles. The summed E-state index contributed by atoms with van der Waals surface area (Å²) in [5.41, 5.74) is 0.209. The number of benzene rings is 2. The lowest BCUT2D eigenvalue weighted by Gasteiger charge is -2.08. The largest absolute Gasteiger partial charge is 0.487 e. The van der Waals surface area contributed by atoms with Gasteiger partial charge in [0.1, 0.15) is 12.4 Å². The number of ether oxygens (including phenoxy) is 1. The Hall–Kier alpha value is -2.21. The second-order valence-corrected chi connectivity index (χ2v) is 4.32. The van der Waals surface area contributed by atoms with Crippen LogP contribution in [0.25, 0.3) is 0 Å². The second kappa shape index (κ2) is 5.83. The average molecular weight is 300 g/mol. The average Bonchev–Trinajstić information content (AvgIpc) is 2.41. The van der Waals surface area contributed by atoms with E-state index in [0.29, 0.717) is 5.56 Å². The first-order chi connectivity index (χ1) is 9.47. The monoisotopic (exact) mass is 299 g/mol. The molecule has 0 amide bonds. The maximum absolute atomic E-state index is 13.0. The highest BCUT2D eigenvalue weighted by atomic mass is 35.5. The van der Waals surface area contributed by atoms with Crippen LogP contribution in [0.15, 0.2) is 36.4 Å². The number of halogens is 3. The van der Waals surface area contributed by atoms with Gasteiger partial charge in [0.05, 0.1) is 16.0 Å². The van der Waals surface area contributed by atoms with E-state index in [2.05, 4.69) is 0 Å². The van der Waals surface area contributed by atoms with Crippen molar-refractivity contribution in [1.82, 2.24) is 0 Å². The van der Waals surface area contributed by atoms with Crippen LogP contribution in [0, 0.1) is 21.7 Å². The van der Waals surface area contributed by atoms with Crippen molar-refractivity contribution in [2.75, 3.05) is 0 Å². The Morgan fingerprint density at radius 1 is 1.15 bits per heavy atom. The third-order valence-electron chi connectivity index (χ3n) is 2.50.